The van der Waals surface area contributed by atoms with E-state index in [1.165, 1.54) is 0 Å². The van der Waals surface area contributed by atoms with Crippen molar-refractivity contribution >= 4 is 33.1 Å². The molecule has 0 aliphatic rings. The van der Waals surface area contributed by atoms with Gasteiger partial charge < -0.3 is 11.1 Å². The van der Waals surface area contributed by atoms with Crippen molar-refractivity contribution in [2.24, 2.45) is 0 Å². The van der Waals surface area contributed by atoms with Crippen LogP contribution in [0.3, 0.4) is 0 Å². The van der Waals surface area contributed by atoms with Gasteiger partial charge in [0, 0.05) is 16.7 Å². The van der Waals surface area contributed by atoms with Gasteiger partial charge in [0.05, 0.1) is 11.4 Å². The highest BCUT2D eigenvalue weighted by Gasteiger charge is 2.12. The van der Waals surface area contributed by atoms with E-state index in [-0.39, 0.29) is 0 Å². The van der Waals surface area contributed by atoms with E-state index in [9.17, 15) is 0 Å². The Labute approximate surface area is 115 Å². The summed E-state index contributed by atoms with van der Waals surface area (Å²) in [5.41, 5.74) is 9.80. The third-order valence-electron chi connectivity index (χ3n) is 2.99. The number of nitrogens with zero attached hydrogens (tertiary/aromatic N) is 2. The van der Waals surface area contributed by atoms with E-state index in [1.807, 2.05) is 36.7 Å². The van der Waals surface area contributed by atoms with Gasteiger partial charge in [0.25, 0.3) is 0 Å². The average Bonchev–Trinajstić information content (AvgIpc) is 2.62. The van der Waals surface area contributed by atoms with Crippen LogP contribution in [0.1, 0.15) is 18.2 Å². The third-order valence-corrected chi connectivity index (χ3v) is 3.85. The molecule has 0 spiro atoms. The van der Waals surface area contributed by atoms with Crippen molar-refractivity contribution in [3.63, 3.8) is 0 Å². The van der Waals surface area contributed by atoms with Crippen LogP contribution < -0.4 is 11.1 Å². The average molecular weight is 309 g/mol. The first kappa shape index (κ1) is 13.0. The van der Waals surface area contributed by atoms with Crippen molar-refractivity contribution in [1.29, 1.82) is 0 Å². The molecular formula is C13H17BrN4. The molecule has 96 valence electrons. The number of anilines is 3. The smallest absolute Gasteiger partial charge is 0.152 e. The number of nitrogen functional groups attached to an aromatic ring is 1. The first-order valence-electron chi connectivity index (χ1n) is 5.89. The van der Waals surface area contributed by atoms with Gasteiger partial charge in [-0.05, 0) is 38.5 Å². The van der Waals surface area contributed by atoms with Crippen molar-refractivity contribution < 1.29 is 0 Å². The lowest BCUT2D eigenvalue weighted by molar-refractivity contribution is 0.661. The van der Waals surface area contributed by atoms with Gasteiger partial charge in [-0.3, -0.25) is 0 Å². The fourth-order valence-corrected chi connectivity index (χ4v) is 2.19. The van der Waals surface area contributed by atoms with Crippen LogP contribution in [0.25, 0.3) is 0 Å². The first-order chi connectivity index (χ1) is 8.54. The van der Waals surface area contributed by atoms with Crippen molar-refractivity contribution in [3.05, 3.63) is 33.9 Å². The summed E-state index contributed by atoms with van der Waals surface area (Å²) in [5.74, 6) is 0.858. The van der Waals surface area contributed by atoms with Crippen molar-refractivity contribution in [3.8, 4) is 0 Å². The highest BCUT2D eigenvalue weighted by atomic mass is 79.9. The van der Waals surface area contributed by atoms with Gasteiger partial charge in [0.15, 0.2) is 5.82 Å². The molecule has 0 aliphatic heterocycles. The van der Waals surface area contributed by atoms with E-state index in [4.69, 9.17) is 5.73 Å². The second-order valence-electron chi connectivity index (χ2n) is 4.20. The maximum atomic E-state index is 6.06. The summed E-state index contributed by atoms with van der Waals surface area (Å²) < 4.78 is 2.95. The number of aromatic nitrogens is 2. The molecular weight excluding hydrogens is 292 g/mol. The molecule has 0 radical (unpaired) electrons. The summed E-state index contributed by atoms with van der Waals surface area (Å²) >= 11 is 3.53. The molecule has 1 aromatic carbocycles. The fourth-order valence-electron chi connectivity index (χ4n) is 1.83. The largest absolute Gasteiger partial charge is 0.394 e. The summed E-state index contributed by atoms with van der Waals surface area (Å²) in [6.45, 7) is 6.81. The van der Waals surface area contributed by atoms with E-state index in [2.05, 4.69) is 33.3 Å². The molecule has 4 nitrogen and oxygen atoms in total. The van der Waals surface area contributed by atoms with Gasteiger partial charge in [-0.1, -0.05) is 22.0 Å². The summed E-state index contributed by atoms with van der Waals surface area (Å²) in [7, 11) is 0. The quantitative estimate of drug-likeness (QED) is 0.910. The maximum Gasteiger partial charge on any atom is 0.152 e. The number of halogens is 1. The van der Waals surface area contributed by atoms with E-state index >= 15 is 0 Å². The normalized spacial score (nSPS) is 10.7. The molecule has 3 N–H and O–H groups in total. The molecule has 18 heavy (non-hydrogen) atoms. The van der Waals surface area contributed by atoms with E-state index < -0.39 is 0 Å². The van der Waals surface area contributed by atoms with E-state index in [0.717, 1.165) is 33.8 Å². The van der Waals surface area contributed by atoms with E-state index in [0.29, 0.717) is 5.69 Å². The van der Waals surface area contributed by atoms with Crippen LogP contribution in [-0.2, 0) is 6.54 Å². The number of nitrogens with two attached hydrogens (primary N) is 1. The topological polar surface area (TPSA) is 55.9 Å². The van der Waals surface area contributed by atoms with Gasteiger partial charge in [0.1, 0.15) is 0 Å². The predicted molar refractivity (Wildman–Crippen MR) is 79.2 cm³/mol. The Morgan fingerprint density at radius 1 is 1.39 bits per heavy atom. The van der Waals surface area contributed by atoms with Gasteiger partial charge in [0.2, 0.25) is 0 Å². The number of hydrogen-bond acceptors (Lipinski definition) is 3. The van der Waals surface area contributed by atoms with Gasteiger partial charge in [-0.15, -0.1) is 0 Å². The molecule has 2 rings (SSSR count). The van der Waals surface area contributed by atoms with Crippen LogP contribution in [0.5, 0.6) is 0 Å². The molecule has 5 heteroatoms. The van der Waals surface area contributed by atoms with Crippen LogP contribution in [0.15, 0.2) is 22.7 Å². The predicted octanol–water partition coefficient (Wildman–Crippen LogP) is 3.61. The fraction of sp³-hybridized carbons (Fsp3) is 0.308. The molecule has 2 aromatic rings. The minimum Gasteiger partial charge on any atom is -0.394 e. The molecule has 0 saturated carbocycles. The highest BCUT2D eigenvalue weighted by molar-refractivity contribution is 9.10. The van der Waals surface area contributed by atoms with Crippen LogP contribution in [-0.4, -0.2) is 9.78 Å². The lowest BCUT2D eigenvalue weighted by Crippen LogP contribution is -2.05. The molecule has 1 heterocycles. The Morgan fingerprint density at radius 2 is 2.11 bits per heavy atom. The lowest BCUT2D eigenvalue weighted by Gasteiger charge is -2.12. The summed E-state index contributed by atoms with van der Waals surface area (Å²) in [4.78, 5) is 0. The molecule has 0 bridgehead atoms. The minimum absolute atomic E-state index is 0.705. The van der Waals surface area contributed by atoms with Crippen molar-refractivity contribution in [2.45, 2.75) is 27.3 Å². The van der Waals surface area contributed by atoms with Crippen LogP contribution in [0, 0.1) is 13.8 Å². The second-order valence-corrected chi connectivity index (χ2v) is 5.06. The molecule has 0 atom stereocenters. The zero-order valence-electron chi connectivity index (χ0n) is 10.8. The van der Waals surface area contributed by atoms with Crippen molar-refractivity contribution in [1.82, 2.24) is 9.78 Å². The number of benzene rings is 1. The molecule has 0 aliphatic carbocycles. The molecule has 0 fully saturated rings. The van der Waals surface area contributed by atoms with E-state index in [1.54, 1.807) is 0 Å². The molecule has 0 saturated heterocycles. The van der Waals surface area contributed by atoms with Crippen LogP contribution in [0.4, 0.5) is 17.2 Å². The number of hydrogen-bond donors (Lipinski definition) is 2. The Kier molecular flexibility index (Phi) is 3.61. The highest BCUT2D eigenvalue weighted by Crippen LogP contribution is 2.30. The molecule has 0 amide bonds. The maximum absolute atomic E-state index is 6.06. The Balaban J connectivity index is 2.43. The van der Waals surface area contributed by atoms with Gasteiger partial charge >= 0.3 is 0 Å². The number of rotatable bonds is 3. The molecule has 0 unspecified atom stereocenters. The monoisotopic (exact) mass is 308 g/mol. The number of aryl methyl sites for hydroxylation is 2. The standard InChI is InChI=1S/C13H17BrN4/c1-4-18-13(12(15)9(3)17-18)16-11-7-5-6-10(14)8(11)2/h5-7,16H,4,15H2,1-3H3. The Hall–Kier alpha value is -1.49. The summed E-state index contributed by atoms with van der Waals surface area (Å²) in [6.07, 6.45) is 0. The Bertz CT molecular complexity index is 575. The minimum atomic E-state index is 0.705. The van der Waals surface area contributed by atoms with Crippen molar-refractivity contribution in [2.75, 3.05) is 11.1 Å². The first-order valence-corrected chi connectivity index (χ1v) is 6.69. The summed E-state index contributed by atoms with van der Waals surface area (Å²) in [6, 6.07) is 6.04. The SMILES string of the molecule is CCn1nc(C)c(N)c1Nc1cccc(Br)c1C. The summed E-state index contributed by atoms with van der Waals surface area (Å²) in [5, 5.41) is 7.76. The lowest BCUT2D eigenvalue weighted by atomic mass is 10.2. The zero-order valence-corrected chi connectivity index (χ0v) is 12.4. The Morgan fingerprint density at radius 3 is 2.78 bits per heavy atom. The third kappa shape index (κ3) is 2.22. The number of nitrogens with one attached hydrogen (secondary N) is 1. The van der Waals surface area contributed by atoms with Crippen LogP contribution >= 0.6 is 15.9 Å². The van der Waals surface area contributed by atoms with Crippen LogP contribution in [0.2, 0.25) is 0 Å². The zero-order chi connectivity index (χ0) is 13.3. The second kappa shape index (κ2) is 5.02. The van der Waals surface area contributed by atoms with Gasteiger partial charge in [-0.2, -0.15) is 5.10 Å². The van der Waals surface area contributed by atoms with Gasteiger partial charge in [-0.25, -0.2) is 4.68 Å². The molecule has 1 aromatic heterocycles.